The molecule has 2 aliphatic rings. The Morgan fingerprint density at radius 2 is 1.47 bits per heavy atom. The molecule has 0 aromatic heterocycles. The van der Waals surface area contributed by atoms with Crippen LogP contribution < -0.4 is 4.90 Å². The topological polar surface area (TPSA) is 23.6 Å². The number of carbonyl (C=O) groups excluding carboxylic acids is 1. The molecule has 4 rings (SSSR count). The minimum absolute atomic E-state index is 0.739. The summed E-state index contributed by atoms with van der Waals surface area (Å²) in [5.74, 6) is 0. The molecular formula is C26H31ClN2O. The number of piperazine rings is 1. The highest BCUT2D eigenvalue weighted by molar-refractivity contribution is 6.30. The highest BCUT2D eigenvalue weighted by Crippen LogP contribution is 2.32. The first-order chi connectivity index (χ1) is 14.7. The van der Waals surface area contributed by atoms with E-state index in [4.69, 9.17) is 11.6 Å². The van der Waals surface area contributed by atoms with Crippen molar-refractivity contribution >= 4 is 29.1 Å². The molecule has 0 bridgehead atoms. The molecular weight excluding hydrogens is 392 g/mol. The summed E-state index contributed by atoms with van der Waals surface area (Å²) in [7, 11) is 0. The van der Waals surface area contributed by atoms with E-state index in [1.165, 1.54) is 49.8 Å². The van der Waals surface area contributed by atoms with Crippen LogP contribution in [0, 0.1) is 0 Å². The lowest BCUT2D eigenvalue weighted by atomic mass is 9.88. The largest absolute Gasteiger partial charge is 0.369 e. The van der Waals surface area contributed by atoms with Crippen molar-refractivity contribution in [2.45, 2.75) is 38.5 Å². The SMILES string of the molecule is O=Cc1ccc(N2CCN(C/C3=C(\c4ccc(Cl)cc4)CCCCCC3)CC2)cc1. The Morgan fingerprint density at radius 1 is 0.800 bits per heavy atom. The van der Waals surface area contributed by atoms with E-state index in [0.717, 1.165) is 49.6 Å². The molecule has 0 spiro atoms. The molecule has 0 radical (unpaired) electrons. The summed E-state index contributed by atoms with van der Waals surface area (Å²) in [6, 6.07) is 16.4. The van der Waals surface area contributed by atoms with Gasteiger partial charge in [-0.2, -0.15) is 0 Å². The van der Waals surface area contributed by atoms with Gasteiger partial charge in [0, 0.05) is 49.0 Å². The molecule has 0 N–H and O–H groups in total. The maximum absolute atomic E-state index is 10.9. The third-order valence-corrected chi connectivity index (χ3v) is 6.71. The molecule has 0 saturated carbocycles. The number of aldehydes is 1. The quantitative estimate of drug-likeness (QED) is 0.545. The average Bonchev–Trinajstić information content (AvgIpc) is 2.77. The lowest BCUT2D eigenvalue weighted by molar-refractivity contribution is 0.112. The van der Waals surface area contributed by atoms with E-state index in [9.17, 15) is 4.79 Å². The number of halogens is 1. The van der Waals surface area contributed by atoms with Crippen molar-refractivity contribution in [3.63, 3.8) is 0 Å². The number of anilines is 1. The first-order valence-electron chi connectivity index (χ1n) is 11.2. The number of rotatable bonds is 5. The maximum Gasteiger partial charge on any atom is 0.150 e. The molecule has 2 aromatic carbocycles. The Morgan fingerprint density at radius 3 is 2.13 bits per heavy atom. The van der Waals surface area contributed by atoms with Crippen LogP contribution in [-0.2, 0) is 0 Å². The van der Waals surface area contributed by atoms with Gasteiger partial charge in [0.15, 0.2) is 0 Å². The molecule has 0 amide bonds. The Labute approximate surface area is 185 Å². The molecule has 2 aromatic rings. The fourth-order valence-corrected chi connectivity index (χ4v) is 4.82. The second kappa shape index (κ2) is 10.3. The molecule has 0 atom stereocenters. The molecule has 0 unspecified atom stereocenters. The molecule has 1 fully saturated rings. The molecule has 158 valence electrons. The number of hydrogen-bond acceptors (Lipinski definition) is 3. The van der Waals surface area contributed by atoms with Crippen LogP contribution in [0.2, 0.25) is 5.02 Å². The summed E-state index contributed by atoms with van der Waals surface area (Å²) in [5, 5.41) is 0.809. The highest BCUT2D eigenvalue weighted by Gasteiger charge is 2.20. The number of nitrogens with zero attached hydrogens (tertiary/aromatic N) is 2. The highest BCUT2D eigenvalue weighted by atomic mass is 35.5. The molecule has 1 heterocycles. The van der Waals surface area contributed by atoms with Crippen LogP contribution >= 0.6 is 11.6 Å². The number of allylic oxidation sites excluding steroid dienone is 1. The van der Waals surface area contributed by atoms with Gasteiger partial charge in [-0.1, -0.05) is 42.1 Å². The van der Waals surface area contributed by atoms with E-state index in [-0.39, 0.29) is 0 Å². The standard InChI is InChI=1S/C26H31ClN2O/c27-24-11-9-22(10-12-24)26-6-4-2-1-3-5-23(26)19-28-15-17-29(18-16-28)25-13-7-21(20-30)8-14-25/h7-14,20H,1-6,15-19H2/b26-23-. The van der Waals surface area contributed by atoms with Crippen LogP contribution in [0.5, 0.6) is 0 Å². The summed E-state index contributed by atoms with van der Waals surface area (Å²) in [4.78, 5) is 15.9. The van der Waals surface area contributed by atoms with Gasteiger partial charge in [-0.05, 0) is 73.2 Å². The predicted molar refractivity (Wildman–Crippen MR) is 127 cm³/mol. The molecule has 30 heavy (non-hydrogen) atoms. The van der Waals surface area contributed by atoms with Crippen LogP contribution in [0.1, 0.15) is 54.4 Å². The van der Waals surface area contributed by atoms with Gasteiger partial charge in [-0.15, -0.1) is 0 Å². The van der Waals surface area contributed by atoms with Gasteiger partial charge in [0.25, 0.3) is 0 Å². The maximum atomic E-state index is 10.9. The van der Waals surface area contributed by atoms with E-state index in [2.05, 4.69) is 34.1 Å². The van der Waals surface area contributed by atoms with Gasteiger partial charge in [0.2, 0.25) is 0 Å². The van der Waals surface area contributed by atoms with E-state index in [1.54, 1.807) is 11.1 Å². The zero-order chi connectivity index (χ0) is 20.8. The summed E-state index contributed by atoms with van der Waals surface area (Å²) in [5.41, 5.74) is 6.49. The molecule has 1 aliphatic heterocycles. The van der Waals surface area contributed by atoms with Crippen molar-refractivity contribution in [2.75, 3.05) is 37.6 Å². The van der Waals surface area contributed by atoms with Gasteiger partial charge >= 0.3 is 0 Å². The molecule has 1 saturated heterocycles. The second-order valence-corrected chi connectivity index (χ2v) is 8.91. The lowest BCUT2D eigenvalue weighted by Crippen LogP contribution is -2.47. The third-order valence-electron chi connectivity index (χ3n) is 6.46. The van der Waals surface area contributed by atoms with E-state index in [1.807, 2.05) is 24.3 Å². The van der Waals surface area contributed by atoms with Crippen LogP contribution in [0.15, 0.2) is 54.1 Å². The van der Waals surface area contributed by atoms with Crippen molar-refractivity contribution in [3.05, 3.63) is 70.3 Å². The average molecular weight is 423 g/mol. The van der Waals surface area contributed by atoms with Gasteiger partial charge in [-0.25, -0.2) is 0 Å². The van der Waals surface area contributed by atoms with Crippen LogP contribution in [0.4, 0.5) is 5.69 Å². The normalized spacial score (nSPS) is 21.2. The Bertz CT molecular complexity index is 865. The third kappa shape index (κ3) is 5.33. The Balaban J connectivity index is 1.45. The van der Waals surface area contributed by atoms with E-state index in [0.29, 0.717) is 0 Å². The minimum Gasteiger partial charge on any atom is -0.369 e. The zero-order valence-corrected chi connectivity index (χ0v) is 18.4. The van der Waals surface area contributed by atoms with Gasteiger partial charge in [0.05, 0.1) is 0 Å². The van der Waals surface area contributed by atoms with Gasteiger partial charge < -0.3 is 4.90 Å². The molecule has 1 aliphatic carbocycles. The summed E-state index contributed by atoms with van der Waals surface area (Å²) < 4.78 is 0. The smallest absolute Gasteiger partial charge is 0.150 e. The first kappa shape index (κ1) is 21.1. The van der Waals surface area contributed by atoms with E-state index >= 15 is 0 Å². The van der Waals surface area contributed by atoms with Crippen molar-refractivity contribution in [3.8, 4) is 0 Å². The van der Waals surface area contributed by atoms with Crippen molar-refractivity contribution in [1.82, 2.24) is 4.90 Å². The fraction of sp³-hybridized carbons (Fsp3) is 0.423. The van der Waals surface area contributed by atoms with Crippen LogP contribution in [0.25, 0.3) is 5.57 Å². The second-order valence-electron chi connectivity index (χ2n) is 8.48. The summed E-state index contributed by atoms with van der Waals surface area (Å²) in [6.45, 7) is 5.30. The Kier molecular flexibility index (Phi) is 7.24. The number of benzene rings is 2. The number of carbonyl (C=O) groups is 1. The monoisotopic (exact) mass is 422 g/mol. The molecule has 4 heteroatoms. The lowest BCUT2D eigenvalue weighted by Gasteiger charge is -2.37. The first-order valence-corrected chi connectivity index (χ1v) is 11.6. The summed E-state index contributed by atoms with van der Waals surface area (Å²) >= 11 is 6.14. The van der Waals surface area contributed by atoms with Crippen LogP contribution in [-0.4, -0.2) is 43.9 Å². The molecule has 3 nitrogen and oxygen atoms in total. The summed E-state index contributed by atoms with van der Waals surface area (Å²) in [6.07, 6.45) is 8.57. The number of hydrogen-bond donors (Lipinski definition) is 0. The zero-order valence-electron chi connectivity index (χ0n) is 17.7. The van der Waals surface area contributed by atoms with Gasteiger partial charge in [0.1, 0.15) is 6.29 Å². The van der Waals surface area contributed by atoms with Crippen molar-refractivity contribution in [1.29, 1.82) is 0 Å². The van der Waals surface area contributed by atoms with Crippen molar-refractivity contribution in [2.24, 2.45) is 0 Å². The van der Waals surface area contributed by atoms with E-state index < -0.39 is 0 Å². The van der Waals surface area contributed by atoms with Crippen molar-refractivity contribution < 1.29 is 4.79 Å². The fourth-order valence-electron chi connectivity index (χ4n) is 4.69. The Hall–Kier alpha value is -2.10. The predicted octanol–water partition coefficient (Wildman–Crippen LogP) is 6.08. The van der Waals surface area contributed by atoms with Crippen LogP contribution in [0.3, 0.4) is 0 Å². The minimum atomic E-state index is 0.739. The van der Waals surface area contributed by atoms with Gasteiger partial charge in [-0.3, -0.25) is 9.69 Å².